The Labute approximate surface area is 180 Å². The molecular weight excluding hydrogens is 450 g/mol. The molecule has 30 heavy (non-hydrogen) atoms. The van der Waals surface area contributed by atoms with Crippen LogP contribution < -0.4 is 5.32 Å². The average molecular weight is 470 g/mol. The molecule has 0 bridgehead atoms. The Balaban J connectivity index is 1.79. The quantitative estimate of drug-likeness (QED) is 0.720. The molecule has 0 aromatic heterocycles. The highest BCUT2D eigenvalue weighted by molar-refractivity contribution is 7.91. The first-order valence-electron chi connectivity index (χ1n) is 8.93. The Morgan fingerprint density at radius 2 is 1.77 bits per heavy atom. The zero-order chi connectivity index (χ0) is 22.1. The zero-order valence-corrected chi connectivity index (χ0v) is 18.7. The summed E-state index contributed by atoms with van der Waals surface area (Å²) in [7, 11) is -5.64. The third-order valence-electron chi connectivity index (χ3n) is 4.56. The highest BCUT2D eigenvalue weighted by Crippen LogP contribution is 2.24. The van der Waals surface area contributed by atoms with Gasteiger partial charge in [0.1, 0.15) is 5.84 Å². The molecule has 160 valence electrons. The number of hydrogen-bond donors (Lipinski definition) is 1. The number of nitrogens with one attached hydrogen (secondary N) is 1. The number of carbonyl (C=O) groups excluding carboxylic acids is 1. The number of hydrogen-bond acceptors (Lipinski definition) is 5. The van der Waals surface area contributed by atoms with E-state index in [-0.39, 0.29) is 20.4 Å². The largest absolute Gasteiger partial charge is 0.362 e. The van der Waals surface area contributed by atoms with E-state index in [4.69, 9.17) is 11.6 Å². The normalized spacial score (nSPS) is 16.1. The number of carbonyl (C=O) groups is 1. The Morgan fingerprint density at radius 3 is 2.33 bits per heavy atom. The van der Waals surface area contributed by atoms with Crippen molar-refractivity contribution in [3.63, 3.8) is 0 Å². The van der Waals surface area contributed by atoms with Crippen LogP contribution in [0.25, 0.3) is 0 Å². The van der Waals surface area contributed by atoms with E-state index in [1.165, 1.54) is 42.5 Å². The highest BCUT2D eigenvalue weighted by atomic mass is 35.5. The van der Waals surface area contributed by atoms with Crippen molar-refractivity contribution in [3.05, 3.63) is 53.1 Å². The summed E-state index contributed by atoms with van der Waals surface area (Å²) in [6.45, 7) is 0.769. The van der Waals surface area contributed by atoms with Gasteiger partial charge in [0.25, 0.3) is 15.9 Å². The van der Waals surface area contributed by atoms with Crippen LogP contribution in [0.3, 0.4) is 0 Å². The predicted molar refractivity (Wildman–Crippen MR) is 115 cm³/mol. The van der Waals surface area contributed by atoms with Gasteiger partial charge in [-0.15, -0.1) is 4.40 Å². The second kappa shape index (κ2) is 8.37. The molecule has 0 aliphatic carbocycles. The van der Waals surface area contributed by atoms with E-state index >= 15 is 0 Å². The van der Waals surface area contributed by atoms with Crippen LogP contribution in [0.1, 0.15) is 23.2 Å². The summed E-state index contributed by atoms with van der Waals surface area (Å²) in [5, 5.41) is 2.63. The average Bonchev–Trinajstić information content (AvgIpc) is 3.05. The molecule has 2 aromatic carbocycles. The summed E-state index contributed by atoms with van der Waals surface area (Å²) in [4.78, 5) is 14.1. The van der Waals surface area contributed by atoms with Crippen LogP contribution in [-0.2, 0) is 19.9 Å². The predicted octanol–water partition coefficient (Wildman–Crippen LogP) is 2.81. The van der Waals surface area contributed by atoms with Gasteiger partial charge in [-0.05, 0) is 48.9 Å². The lowest BCUT2D eigenvalue weighted by atomic mass is 10.2. The van der Waals surface area contributed by atoms with Crippen LogP contribution in [0.5, 0.6) is 0 Å². The molecule has 0 saturated carbocycles. The number of benzene rings is 2. The molecule has 1 fully saturated rings. The lowest BCUT2D eigenvalue weighted by Gasteiger charge is -2.11. The summed E-state index contributed by atoms with van der Waals surface area (Å²) in [6.07, 6.45) is 2.48. The second-order valence-corrected chi connectivity index (χ2v) is 10.9. The number of halogens is 1. The molecule has 1 N–H and O–H groups in total. The van der Waals surface area contributed by atoms with Crippen LogP contribution in [0.4, 0.5) is 5.69 Å². The molecule has 0 spiro atoms. The molecule has 1 heterocycles. The molecular formula is C19H20ClN3O5S2. The van der Waals surface area contributed by atoms with Crippen molar-refractivity contribution in [2.45, 2.75) is 22.6 Å². The maximum absolute atomic E-state index is 12.5. The molecule has 0 radical (unpaired) electrons. The van der Waals surface area contributed by atoms with Gasteiger partial charge in [-0.3, -0.25) is 4.79 Å². The minimum Gasteiger partial charge on any atom is -0.362 e. The SMILES string of the molecule is CN1CCC/C1=N\S(=O)(=O)c1ccc(NC(=O)c2ccc(Cl)c(S(C)(=O)=O)c2)cc1. The van der Waals surface area contributed by atoms with Gasteiger partial charge in [-0.1, -0.05) is 11.6 Å². The van der Waals surface area contributed by atoms with Gasteiger partial charge >= 0.3 is 0 Å². The summed E-state index contributed by atoms with van der Waals surface area (Å²) in [5.74, 6) is -0.0307. The van der Waals surface area contributed by atoms with E-state index in [1.807, 2.05) is 4.90 Å². The maximum Gasteiger partial charge on any atom is 0.283 e. The van der Waals surface area contributed by atoms with Gasteiger partial charge < -0.3 is 10.2 Å². The van der Waals surface area contributed by atoms with Crippen molar-refractivity contribution >= 4 is 48.9 Å². The summed E-state index contributed by atoms with van der Waals surface area (Å²) in [5.41, 5.74) is 0.452. The van der Waals surface area contributed by atoms with Crippen LogP contribution >= 0.6 is 11.6 Å². The fraction of sp³-hybridized carbons (Fsp3) is 0.263. The number of amides is 1. The Hall–Kier alpha value is -2.43. The van der Waals surface area contributed by atoms with Crippen molar-refractivity contribution in [1.82, 2.24) is 4.90 Å². The van der Waals surface area contributed by atoms with Gasteiger partial charge in [-0.25, -0.2) is 8.42 Å². The van der Waals surface area contributed by atoms with Crippen LogP contribution in [0.2, 0.25) is 5.02 Å². The first-order chi connectivity index (χ1) is 14.0. The summed E-state index contributed by atoms with van der Waals surface area (Å²) >= 11 is 5.89. The monoisotopic (exact) mass is 469 g/mol. The van der Waals surface area contributed by atoms with Crippen molar-refractivity contribution in [2.24, 2.45) is 4.40 Å². The Kier molecular flexibility index (Phi) is 6.21. The van der Waals surface area contributed by atoms with Crippen molar-refractivity contribution in [2.75, 3.05) is 25.2 Å². The standard InChI is InChI=1S/C19H20ClN3O5S2/c1-23-11-3-4-18(23)22-30(27,28)15-8-6-14(7-9-15)21-19(24)13-5-10-16(20)17(12-13)29(2,25)26/h5-10,12H,3-4,11H2,1-2H3,(H,21,24)/b22-18+. The van der Waals surface area contributed by atoms with Crippen LogP contribution in [-0.4, -0.2) is 53.3 Å². The molecule has 2 aromatic rings. The summed E-state index contributed by atoms with van der Waals surface area (Å²) < 4.78 is 52.4. The number of nitrogens with zero attached hydrogens (tertiary/aromatic N) is 2. The third-order valence-corrected chi connectivity index (χ3v) is 7.46. The summed E-state index contributed by atoms with van der Waals surface area (Å²) in [6, 6.07) is 9.52. The number of amidine groups is 1. The van der Waals surface area contributed by atoms with E-state index in [0.29, 0.717) is 17.9 Å². The molecule has 1 amide bonds. The molecule has 1 saturated heterocycles. The Bertz CT molecular complexity index is 1220. The molecule has 11 heteroatoms. The molecule has 3 rings (SSSR count). The minimum absolute atomic E-state index is 0.0131. The van der Waals surface area contributed by atoms with Crippen molar-refractivity contribution in [1.29, 1.82) is 0 Å². The lowest BCUT2D eigenvalue weighted by Crippen LogP contribution is -2.20. The van der Waals surface area contributed by atoms with E-state index < -0.39 is 25.8 Å². The lowest BCUT2D eigenvalue weighted by molar-refractivity contribution is 0.102. The molecule has 0 unspecified atom stereocenters. The number of anilines is 1. The second-order valence-electron chi connectivity index (χ2n) is 6.90. The van der Waals surface area contributed by atoms with Gasteiger partial charge in [0.15, 0.2) is 9.84 Å². The topological polar surface area (TPSA) is 113 Å². The third kappa shape index (κ3) is 5.00. The van der Waals surface area contributed by atoms with Gasteiger partial charge in [-0.2, -0.15) is 8.42 Å². The number of sulfone groups is 1. The van der Waals surface area contributed by atoms with Crippen LogP contribution in [0.15, 0.2) is 56.7 Å². The van der Waals surface area contributed by atoms with E-state index in [2.05, 4.69) is 9.71 Å². The fourth-order valence-electron chi connectivity index (χ4n) is 2.94. The smallest absolute Gasteiger partial charge is 0.283 e. The molecule has 8 nitrogen and oxygen atoms in total. The maximum atomic E-state index is 12.5. The van der Waals surface area contributed by atoms with Gasteiger partial charge in [0, 0.05) is 37.5 Å². The highest BCUT2D eigenvalue weighted by Gasteiger charge is 2.20. The minimum atomic E-state index is -3.85. The van der Waals surface area contributed by atoms with E-state index in [9.17, 15) is 21.6 Å². The number of sulfonamides is 1. The van der Waals surface area contributed by atoms with Gasteiger partial charge in [0.05, 0.1) is 14.8 Å². The molecule has 1 aliphatic rings. The zero-order valence-electron chi connectivity index (χ0n) is 16.3. The number of rotatable bonds is 5. The molecule has 1 aliphatic heterocycles. The Morgan fingerprint density at radius 1 is 1.10 bits per heavy atom. The fourth-order valence-corrected chi connectivity index (χ4v) is 5.34. The number of likely N-dealkylation sites (tertiary alicyclic amines) is 1. The van der Waals surface area contributed by atoms with E-state index in [0.717, 1.165) is 19.2 Å². The first-order valence-corrected chi connectivity index (χ1v) is 12.6. The van der Waals surface area contributed by atoms with Crippen molar-refractivity contribution < 1.29 is 21.6 Å². The van der Waals surface area contributed by atoms with Gasteiger partial charge in [0.2, 0.25) is 0 Å². The van der Waals surface area contributed by atoms with Crippen molar-refractivity contribution in [3.8, 4) is 0 Å². The van der Waals surface area contributed by atoms with Crippen LogP contribution in [0, 0.1) is 0 Å². The van der Waals surface area contributed by atoms with E-state index in [1.54, 1.807) is 7.05 Å². The molecule has 0 atom stereocenters. The first kappa shape index (κ1) is 22.3.